The molecule has 0 radical (unpaired) electrons. The number of hydrogen-bond acceptors (Lipinski definition) is 1. The van der Waals surface area contributed by atoms with Crippen molar-refractivity contribution in [3.8, 4) is 0 Å². The van der Waals surface area contributed by atoms with Gasteiger partial charge >= 0.3 is 0 Å². The van der Waals surface area contributed by atoms with E-state index in [9.17, 15) is 4.39 Å². The van der Waals surface area contributed by atoms with Crippen LogP contribution in [0.5, 0.6) is 0 Å². The van der Waals surface area contributed by atoms with Crippen molar-refractivity contribution >= 4 is 28.0 Å². The monoisotopic (exact) mass is 376 g/mol. The van der Waals surface area contributed by atoms with E-state index in [-0.39, 0.29) is 5.82 Å². The molecule has 0 aliphatic rings. The zero-order chi connectivity index (χ0) is 17.0. The van der Waals surface area contributed by atoms with Gasteiger partial charge in [-0.3, -0.25) is 0 Å². The zero-order valence-corrected chi connectivity index (χ0v) is 15.6. The van der Waals surface area contributed by atoms with Gasteiger partial charge in [0.05, 0.1) is 16.5 Å². The van der Waals surface area contributed by atoms with E-state index in [0.717, 1.165) is 28.9 Å². The van der Waals surface area contributed by atoms with Crippen molar-refractivity contribution in [2.45, 2.75) is 27.2 Å². The van der Waals surface area contributed by atoms with E-state index >= 15 is 0 Å². The molecule has 0 fully saturated rings. The summed E-state index contributed by atoms with van der Waals surface area (Å²) in [6.07, 6.45) is 2.42. The molecular formula is C19H22BrFN2. The number of benzene rings is 2. The molecule has 4 heteroatoms. The minimum absolute atomic E-state index is 0.184. The molecule has 0 heterocycles. The predicted octanol–water partition coefficient (Wildman–Crippen LogP) is 5.41. The van der Waals surface area contributed by atoms with Gasteiger partial charge in [0.1, 0.15) is 5.82 Å². The smallest absolute Gasteiger partial charge is 0.140 e. The number of hydrogen-bond donors (Lipinski definition) is 0. The molecule has 0 saturated heterocycles. The van der Waals surface area contributed by atoms with Gasteiger partial charge in [-0.1, -0.05) is 18.2 Å². The molecule has 23 heavy (non-hydrogen) atoms. The minimum atomic E-state index is -0.184. The molecule has 0 N–H and O–H groups in total. The van der Waals surface area contributed by atoms with Crippen molar-refractivity contribution in [2.24, 2.45) is 4.99 Å². The summed E-state index contributed by atoms with van der Waals surface area (Å²) in [5.41, 5.74) is 5.01. The van der Waals surface area contributed by atoms with Crippen molar-refractivity contribution in [1.29, 1.82) is 0 Å². The highest BCUT2D eigenvalue weighted by molar-refractivity contribution is 9.10. The number of rotatable bonds is 5. The highest BCUT2D eigenvalue weighted by Crippen LogP contribution is 2.27. The third-order valence-corrected chi connectivity index (χ3v) is 4.57. The van der Waals surface area contributed by atoms with E-state index in [1.54, 1.807) is 6.07 Å². The van der Waals surface area contributed by atoms with Crippen LogP contribution in [0.15, 0.2) is 39.8 Å². The molecular weight excluding hydrogens is 355 g/mol. The lowest BCUT2D eigenvalue weighted by atomic mass is 9.97. The van der Waals surface area contributed by atoms with Crippen molar-refractivity contribution in [1.82, 2.24) is 4.90 Å². The van der Waals surface area contributed by atoms with Crippen molar-refractivity contribution in [3.63, 3.8) is 0 Å². The van der Waals surface area contributed by atoms with Gasteiger partial charge in [0.25, 0.3) is 0 Å². The van der Waals surface area contributed by atoms with E-state index in [1.165, 1.54) is 0 Å². The van der Waals surface area contributed by atoms with Crippen LogP contribution >= 0.6 is 15.9 Å². The van der Waals surface area contributed by atoms with Crippen LogP contribution in [0.3, 0.4) is 0 Å². The summed E-state index contributed by atoms with van der Waals surface area (Å²) in [6, 6.07) is 9.59. The predicted molar refractivity (Wildman–Crippen MR) is 99.3 cm³/mol. The Morgan fingerprint density at radius 1 is 1.17 bits per heavy atom. The summed E-state index contributed by atoms with van der Waals surface area (Å²) < 4.78 is 14.7. The Bertz CT molecular complexity index is 726. The van der Waals surface area contributed by atoms with Crippen LogP contribution in [0.2, 0.25) is 0 Å². The van der Waals surface area contributed by atoms with Crippen LogP contribution in [0.25, 0.3) is 0 Å². The lowest BCUT2D eigenvalue weighted by molar-refractivity contribution is 0.552. The number of nitrogens with zero attached hydrogens (tertiary/aromatic N) is 2. The molecule has 0 spiro atoms. The number of halogens is 2. The minimum Gasteiger partial charge on any atom is -0.366 e. The molecule has 2 aromatic rings. The Labute approximate surface area is 146 Å². The van der Waals surface area contributed by atoms with Gasteiger partial charge in [0.15, 0.2) is 0 Å². The molecule has 0 unspecified atom stereocenters. The first-order valence-electron chi connectivity index (χ1n) is 7.69. The lowest BCUT2D eigenvalue weighted by Gasteiger charge is -2.12. The van der Waals surface area contributed by atoms with Gasteiger partial charge in [-0.15, -0.1) is 0 Å². The van der Waals surface area contributed by atoms with Gasteiger partial charge in [0, 0.05) is 20.0 Å². The first-order valence-corrected chi connectivity index (χ1v) is 8.49. The molecule has 0 saturated carbocycles. The van der Waals surface area contributed by atoms with Crippen molar-refractivity contribution < 1.29 is 4.39 Å². The molecule has 0 amide bonds. The van der Waals surface area contributed by atoms with Crippen molar-refractivity contribution in [2.75, 3.05) is 13.6 Å². The maximum atomic E-state index is 14.2. The fourth-order valence-corrected chi connectivity index (χ4v) is 2.73. The molecule has 0 bridgehead atoms. The van der Waals surface area contributed by atoms with Gasteiger partial charge in [-0.2, -0.15) is 0 Å². The molecule has 2 aromatic carbocycles. The van der Waals surface area contributed by atoms with Crippen LogP contribution in [-0.4, -0.2) is 24.8 Å². The molecule has 0 aliphatic carbocycles. The molecule has 2 rings (SSSR count). The van der Waals surface area contributed by atoms with Gasteiger partial charge in [0.2, 0.25) is 0 Å². The molecule has 2 nitrogen and oxygen atoms in total. The largest absolute Gasteiger partial charge is 0.366 e. The van der Waals surface area contributed by atoms with Crippen LogP contribution < -0.4 is 0 Å². The third kappa shape index (κ3) is 4.41. The second-order valence-electron chi connectivity index (χ2n) is 5.77. The number of aryl methyl sites for hydroxylation is 2. The molecule has 0 aliphatic heterocycles. The topological polar surface area (TPSA) is 15.6 Å². The summed E-state index contributed by atoms with van der Waals surface area (Å²) in [4.78, 5) is 6.56. The van der Waals surface area contributed by atoms with Gasteiger partial charge in [-0.05, 0) is 71.1 Å². The quantitative estimate of drug-likeness (QED) is 0.503. The standard InChI is InChI=1S/C19H22BrFN2/c1-5-23(4)12-22-18-10-13(2)16(9-14(18)3)11-15-7-6-8-17(20)19(15)21/h6-10,12H,5,11H2,1-4H3. The summed E-state index contributed by atoms with van der Waals surface area (Å²) in [6.45, 7) is 7.09. The zero-order valence-electron chi connectivity index (χ0n) is 14.0. The molecule has 122 valence electrons. The average molecular weight is 377 g/mol. The lowest BCUT2D eigenvalue weighted by Crippen LogP contribution is -2.14. The fraction of sp³-hybridized carbons (Fsp3) is 0.316. The van der Waals surface area contributed by atoms with E-state index in [2.05, 4.69) is 40.0 Å². The Balaban J connectivity index is 2.30. The van der Waals surface area contributed by atoms with Gasteiger partial charge < -0.3 is 4.90 Å². The van der Waals surface area contributed by atoms with E-state index in [0.29, 0.717) is 16.5 Å². The summed E-state index contributed by atoms with van der Waals surface area (Å²) >= 11 is 3.25. The SMILES string of the molecule is CCN(C)C=Nc1cc(C)c(Cc2cccc(Br)c2F)cc1C. The van der Waals surface area contributed by atoms with Crippen molar-refractivity contribution in [3.05, 3.63) is 62.9 Å². The average Bonchev–Trinajstić information content (AvgIpc) is 2.53. The van der Waals surface area contributed by atoms with E-state index in [1.807, 2.05) is 44.3 Å². The maximum absolute atomic E-state index is 14.2. The van der Waals surface area contributed by atoms with E-state index < -0.39 is 0 Å². The van der Waals surface area contributed by atoms with Crippen LogP contribution in [0.1, 0.15) is 29.2 Å². The van der Waals surface area contributed by atoms with Crippen LogP contribution in [-0.2, 0) is 6.42 Å². The second kappa shape index (κ2) is 7.73. The summed E-state index contributed by atoms with van der Waals surface area (Å²) in [5, 5.41) is 0. The normalized spacial score (nSPS) is 11.2. The third-order valence-electron chi connectivity index (χ3n) is 3.96. The Morgan fingerprint density at radius 3 is 2.61 bits per heavy atom. The Kier molecular flexibility index (Phi) is 5.94. The summed E-state index contributed by atoms with van der Waals surface area (Å²) in [7, 11) is 2.00. The van der Waals surface area contributed by atoms with Gasteiger partial charge in [-0.25, -0.2) is 9.38 Å². The first kappa shape index (κ1) is 17.7. The maximum Gasteiger partial charge on any atom is 0.140 e. The van der Waals surface area contributed by atoms with Crippen LogP contribution in [0, 0.1) is 19.7 Å². The van der Waals surface area contributed by atoms with Crippen LogP contribution in [0.4, 0.5) is 10.1 Å². The second-order valence-corrected chi connectivity index (χ2v) is 6.63. The number of aliphatic imine (C=N–C) groups is 1. The molecule has 0 aromatic heterocycles. The highest BCUT2D eigenvalue weighted by atomic mass is 79.9. The summed E-state index contributed by atoms with van der Waals surface area (Å²) in [5.74, 6) is -0.184. The fourth-order valence-electron chi connectivity index (χ4n) is 2.32. The highest BCUT2D eigenvalue weighted by Gasteiger charge is 2.10. The Morgan fingerprint density at radius 2 is 1.91 bits per heavy atom. The Hall–Kier alpha value is -1.68. The first-order chi connectivity index (χ1) is 10.9. The van der Waals surface area contributed by atoms with E-state index in [4.69, 9.17) is 0 Å². The molecule has 0 atom stereocenters.